The molecule has 0 aliphatic heterocycles. The number of thiophene rings is 1. The van der Waals surface area contributed by atoms with Crippen LogP contribution < -0.4 is 10.9 Å². The third-order valence-corrected chi connectivity index (χ3v) is 4.81. The van der Waals surface area contributed by atoms with Gasteiger partial charge in [0.2, 0.25) is 0 Å². The fourth-order valence-electron chi connectivity index (χ4n) is 2.56. The van der Waals surface area contributed by atoms with Crippen molar-refractivity contribution in [2.75, 3.05) is 0 Å². The van der Waals surface area contributed by atoms with E-state index >= 15 is 0 Å². The molecule has 1 amide bonds. The molecular weight excluding hydrogens is 310 g/mol. The first-order chi connectivity index (χ1) is 11.1. The summed E-state index contributed by atoms with van der Waals surface area (Å²) in [4.78, 5) is 30.0. The summed E-state index contributed by atoms with van der Waals surface area (Å²) in [5.41, 5.74) is 1.30. The Morgan fingerprint density at radius 1 is 1.39 bits per heavy atom. The van der Waals surface area contributed by atoms with Crippen LogP contribution in [0.5, 0.6) is 0 Å². The van der Waals surface area contributed by atoms with Crippen LogP contribution in [-0.2, 0) is 13.1 Å². The van der Waals surface area contributed by atoms with Gasteiger partial charge in [-0.3, -0.25) is 14.6 Å². The Hall–Kier alpha value is -2.47. The number of aryl methyl sites for hydroxylation is 2. The number of nitrogens with one attached hydrogen (secondary N) is 1. The SMILES string of the molecule is CCn1ccc2sc(C)c(C(=O)NCc3cccnc3)c2c1=O. The molecule has 3 aromatic heterocycles. The summed E-state index contributed by atoms with van der Waals surface area (Å²) in [7, 11) is 0. The normalized spacial score (nSPS) is 10.9. The van der Waals surface area contributed by atoms with Gasteiger partial charge in [0.25, 0.3) is 11.5 Å². The minimum Gasteiger partial charge on any atom is -0.348 e. The van der Waals surface area contributed by atoms with Crippen LogP contribution in [0.4, 0.5) is 0 Å². The first kappa shape index (κ1) is 15.4. The Morgan fingerprint density at radius 3 is 2.91 bits per heavy atom. The van der Waals surface area contributed by atoms with E-state index in [9.17, 15) is 9.59 Å². The van der Waals surface area contributed by atoms with Crippen molar-refractivity contribution >= 4 is 27.3 Å². The fourth-order valence-corrected chi connectivity index (χ4v) is 3.61. The first-order valence-electron chi connectivity index (χ1n) is 7.41. The summed E-state index contributed by atoms with van der Waals surface area (Å²) in [5.74, 6) is -0.219. The number of hydrogen-bond donors (Lipinski definition) is 1. The second-order valence-electron chi connectivity index (χ2n) is 5.22. The first-order valence-corrected chi connectivity index (χ1v) is 8.23. The van der Waals surface area contributed by atoms with Crippen LogP contribution in [-0.4, -0.2) is 15.5 Å². The van der Waals surface area contributed by atoms with Gasteiger partial charge in [-0.1, -0.05) is 6.07 Å². The van der Waals surface area contributed by atoms with Crippen LogP contribution in [0.25, 0.3) is 10.1 Å². The predicted octanol–water partition coefficient (Wildman–Crippen LogP) is 2.72. The lowest BCUT2D eigenvalue weighted by Gasteiger charge is -2.06. The molecule has 3 rings (SSSR count). The van der Waals surface area contributed by atoms with E-state index in [1.807, 2.05) is 32.0 Å². The molecule has 0 saturated heterocycles. The molecule has 118 valence electrons. The van der Waals surface area contributed by atoms with Crippen molar-refractivity contribution in [1.29, 1.82) is 0 Å². The monoisotopic (exact) mass is 327 g/mol. The van der Waals surface area contributed by atoms with Gasteiger partial charge in [-0.05, 0) is 31.5 Å². The van der Waals surface area contributed by atoms with E-state index in [1.165, 1.54) is 11.3 Å². The predicted molar refractivity (Wildman–Crippen MR) is 91.9 cm³/mol. The highest BCUT2D eigenvalue weighted by Gasteiger charge is 2.19. The molecule has 3 heterocycles. The summed E-state index contributed by atoms with van der Waals surface area (Å²) in [6, 6.07) is 5.62. The lowest BCUT2D eigenvalue weighted by Crippen LogP contribution is -2.26. The third-order valence-electron chi connectivity index (χ3n) is 3.74. The highest BCUT2D eigenvalue weighted by molar-refractivity contribution is 7.19. The maximum atomic E-state index is 12.6. The molecular formula is C17H17N3O2S. The molecule has 0 spiro atoms. The standard InChI is InChI=1S/C17H17N3O2S/c1-3-20-8-6-13-15(17(20)22)14(11(2)23-13)16(21)19-10-12-5-4-7-18-9-12/h4-9H,3,10H2,1-2H3,(H,19,21). The molecule has 0 aromatic carbocycles. The van der Waals surface area contributed by atoms with Gasteiger partial charge in [0.15, 0.2) is 0 Å². The lowest BCUT2D eigenvalue weighted by molar-refractivity contribution is 0.0952. The molecule has 0 fully saturated rings. The van der Waals surface area contributed by atoms with Crippen molar-refractivity contribution in [3.8, 4) is 0 Å². The number of rotatable bonds is 4. The van der Waals surface area contributed by atoms with E-state index in [1.54, 1.807) is 23.2 Å². The van der Waals surface area contributed by atoms with Crippen LogP contribution >= 0.6 is 11.3 Å². The molecule has 0 atom stereocenters. The van der Waals surface area contributed by atoms with Gasteiger partial charge >= 0.3 is 0 Å². The summed E-state index contributed by atoms with van der Waals surface area (Å²) < 4.78 is 2.47. The van der Waals surface area contributed by atoms with Crippen LogP contribution in [0, 0.1) is 6.92 Å². The van der Waals surface area contributed by atoms with Crippen LogP contribution in [0.3, 0.4) is 0 Å². The summed E-state index contributed by atoms with van der Waals surface area (Å²) in [5, 5.41) is 3.39. The average Bonchev–Trinajstić information content (AvgIpc) is 2.91. The average molecular weight is 327 g/mol. The van der Waals surface area contributed by atoms with Gasteiger partial charge in [0, 0.05) is 41.3 Å². The second kappa shape index (κ2) is 6.34. The number of nitrogens with zero attached hydrogens (tertiary/aromatic N) is 2. The molecule has 0 aliphatic carbocycles. The molecule has 0 unspecified atom stereocenters. The van der Waals surface area contributed by atoms with Gasteiger partial charge in [-0.2, -0.15) is 0 Å². The number of carbonyl (C=O) groups excluding carboxylic acids is 1. The topological polar surface area (TPSA) is 64.0 Å². The zero-order chi connectivity index (χ0) is 16.4. The van der Waals surface area contributed by atoms with Crippen LogP contribution in [0.1, 0.15) is 27.7 Å². The van der Waals surface area contributed by atoms with Crippen molar-refractivity contribution < 1.29 is 4.79 Å². The molecule has 0 saturated carbocycles. The summed E-state index contributed by atoms with van der Waals surface area (Å²) in [6.07, 6.45) is 5.18. The minimum absolute atomic E-state index is 0.110. The van der Waals surface area contributed by atoms with Crippen molar-refractivity contribution in [3.63, 3.8) is 0 Å². The van der Waals surface area contributed by atoms with Gasteiger partial charge in [0.05, 0.1) is 10.9 Å². The smallest absolute Gasteiger partial charge is 0.260 e. The van der Waals surface area contributed by atoms with E-state index in [0.717, 1.165) is 15.1 Å². The van der Waals surface area contributed by atoms with Gasteiger partial charge in [-0.25, -0.2) is 0 Å². The summed E-state index contributed by atoms with van der Waals surface area (Å²) >= 11 is 1.48. The Balaban J connectivity index is 1.97. The second-order valence-corrected chi connectivity index (χ2v) is 6.48. The Bertz CT molecular complexity index is 913. The molecule has 6 heteroatoms. The number of fused-ring (bicyclic) bond motifs is 1. The van der Waals surface area contributed by atoms with Gasteiger partial charge in [0.1, 0.15) is 0 Å². The highest BCUT2D eigenvalue weighted by atomic mass is 32.1. The van der Waals surface area contributed by atoms with Crippen molar-refractivity contribution in [2.24, 2.45) is 0 Å². The minimum atomic E-state index is -0.219. The Morgan fingerprint density at radius 2 is 2.22 bits per heavy atom. The van der Waals surface area contributed by atoms with Crippen LogP contribution in [0.2, 0.25) is 0 Å². The largest absolute Gasteiger partial charge is 0.348 e. The molecule has 5 nitrogen and oxygen atoms in total. The van der Waals surface area contributed by atoms with Crippen molar-refractivity contribution in [1.82, 2.24) is 14.9 Å². The molecule has 23 heavy (non-hydrogen) atoms. The maximum absolute atomic E-state index is 12.6. The number of hydrogen-bond acceptors (Lipinski definition) is 4. The molecule has 1 N–H and O–H groups in total. The third kappa shape index (κ3) is 2.90. The molecule has 3 aromatic rings. The van der Waals surface area contributed by atoms with Gasteiger partial charge in [-0.15, -0.1) is 11.3 Å². The molecule has 0 aliphatic rings. The quantitative estimate of drug-likeness (QED) is 0.801. The van der Waals surface area contributed by atoms with E-state index in [-0.39, 0.29) is 11.5 Å². The van der Waals surface area contributed by atoms with Crippen molar-refractivity contribution in [3.05, 3.63) is 63.1 Å². The lowest BCUT2D eigenvalue weighted by atomic mass is 10.1. The van der Waals surface area contributed by atoms with E-state index in [0.29, 0.717) is 24.0 Å². The number of pyridine rings is 2. The number of amides is 1. The van der Waals surface area contributed by atoms with E-state index in [4.69, 9.17) is 0 Å². The van der Waals surface area contributed by atoms with E-state index in [2.05, 4.69) is 10.3 Å². The number of aromatic nitrogens is 2. The Kier molecular flexibility index (Phi) is 4.25. The maximum Gasteiger partial charge on any atom is 0.260 e. The highest BCUT2D eigenvalue weighted by Crippen LogP contribution is 2.28. The molecule has 0 radical (unpaired) electrons. The zero-order valence-electron chi connectivity index (χ0n) is 13.0. The van der Waals surface area contributed by atoms with Crippen LogP contribution in [0.15, 0.2) is 41.6 Å². The summed E-state index contributed by atoms with van der Waals surface area (Å²) in [6.45, 7) is 4.76. The Labute approximate surface area is 137 Å². The number of carbonyl (C=O) groups is 1. The molecule has 0 bridgehead atoms. The van der Waals surface area contributed by atoms with E-state index < -0.39 is 0 Å². The zero-order valence-corrected chi connectivity index (χ0v) is 13.8. The van der Waals surface area contributed by atoms with Gasteiger partial charge < -0.3 is 9.88 Å². The fraction of sp³-hybridized carbons (Fsp3) is 0.235. The van der Waals surface area contributed by atoms with Crippen molar-refractivity contribution in [2.45, 2.75) is 26.9 Å².